The fraction of sp³-hybridized carbons (Fsp3) is 0.667. The topological polar surface area (TPSA) is 59.1 Å². The number of rotatable bonds is 8. The Bertz CT molecular complexity index is 330. The van der Waals surface area contributed by atoms with Crippen molar-refractivity contribution in [3.8, 4) is 0 Å². The van der Waals surface area contributed by atoms with Gasteiger partial charge in [0.15, 0.2) is 0 Å². The summed E-state index contributed by atoms with van der Waals surface area (Å²) >= 11 is 0. The van der Waals surface area contributed by atoms with Crippen LogP contribution in [0.25, 0.3) is 0 Å². The maximum atomic E-state index is 5.27. The van der Waals surface area contributed by atoms with Gasteiger partial charge in [0.25, 0.3) is 0 Å². The predicted molar refractivity (Wildman–Crippen MR) is 70.6 cm³/mol. The Balaban J connectivity index is 2.59. The van der Waals surface area contributed by atoms with Gasteiger partial charge in [0.2, 0.25) is 0 Å². The van der Waals surface area contributed by atoms with E-state index in [1.165, 1.54) is 0 Å². The molecule has 1 aromatic heterocycles. The van der Waals surface area contributed by atoms with Gasteiger partial charge in [-0.3, -0.25) is 0 Å². The summed E-state index contributed by atoms with van der Waals surface area (Å²) in [5, 5.41) is 6.44. The van der Waals surface area contributed by atoms with E-state index in [1.807, 2.05) is 13.0 Å². The summed E-state index contributed by atoms with van der Waals surface area (Å²) in [6.45, 7) is 9.15. The first-order valence-corrected chi connectivity index (χ1v) is 6.23. The van der Waals surface area contributed by atoms with E-state index < -0.39 is 0 Å². The van der Waals surface area contributed by atoms with Crippen LogP contribution in [0.5, 0.6) is 0 Å². The molecule has 0 saturated carbocycles. The van der Waals surface area contributed by atoms with E-state index in [-0.39, 0.29) is 0 Å². The fourth-order valence-electron chi connectivity index (χ4n) is 1.41. The number of nitrogens with zero attached hydrogens (tertiary/aromatic N) is 2. The third kappa shape index (κ3) is 4.99. The molecule has 1 aromatic rings. The number of hydrogen-bond acceptors (Lipinski definition) is 5. The van der Waals surface area contributed by atoms with Crippen LogP contribution in [0.3, 0.4) is 0 Å². The molecule has 0 unspecified atom stereocenters. The Kier molecular flexibility index (Phi) is 6.32. The van der Waals surface area contributed by atoms with Crippen molar-refractivity contribution in [2.45, 2.75) is 27.2 Å². The summed E-state index contributed by atoms with van der Waals surface area (Å²) in [7, 11) is 0. The van der Waals surface area contributed by atoms with E-state index >= 15 is 0 Å². The highest BCUT2D eigenvalue weighted by molar-refractivity contribution is 5.47. The molecule has 0 amide bonds. The molecule has 0 radical (unpaired) electrons. The molecular weight excluding hydrogens is 216 g/mol. The van der Waals surface area contributed by atoms with E-state index in [4.69, 9.17) is 4.74 Å². The molecule has 0 atom stereocenters. The molecule has 96 valence electrons. The van der Waals surface area contributed by atoms with Crippen molar-refractivity contribution in [2.75, 3.05) is 36.9 Å². The van der Waals surface area contributed by atoms with Crippen molar-refractivity contribution < 1.29 is 4.74 Å². The largest absolute Gasteiger partial charge is 0.380 e. The number of hydrogen-bond donors (Lipinski definition) is 2. The number of anilines is 2. The smallest absolute Gasteiger partial charge is 0.132 e. The van der Waals surface area contributed by atoms with Crippen LogP contribution in [0.1, 0.15) is 26.6 Å². The zero-order valence-corrected chi connectivity index (χ0v) is 10.9. The molecule has 0 saturated heterocycles. The summed E-state index contributed by atoms with van der Waals surface area (Å²) in [4.78, 5) is 8.81. The van der Waals surface area contributed by atoms with Gasteiger partial charge in [-0.1, -0.05) is 6.92 Å². The van der Waals surface area contributed by atoms with Crippen LogP contribution in [0.15, 0.2) is 6.07 Å². The lowest BCUT2D eigenvalue weighted by Gasteiger charge is -2.09. The second kappa shape index (κ2) is 7.84. The molecule has 0 fully saturated rings. The number of aryl methyl sites for hydroxylation is 1. The van der Waals surface area contributed by atoms with Gasteiger partial charge in [-0.05, 0) is 13.8 Å². The molecule has 0 aliphatic rings. The Morgan fingerprint density at radius 3 is 2.41 bits per heavy atom. The lowest BCUT2D eigenvalue weighted by molar-refractivity contribution is 0.158. The van der Waals surface area contributed by atoms with Gasteiger partial charge in [0.05, 0.1) is 6.61 Å². The van der Waals surface area contributed by atoms with Crippen LogP contribution in [0.4, 0.5) is 11.6 Å². The Labute approximate surface area is 103 Å². The van der Waals surface area contributed by atoms with Crippen LogP contribution < -0.4 is 10.6 Å². The molecule has 5 heteroatoms. The average molecular weight is 238 g/mol. The van der Waals surface area contributed by atoms with Crippen molar-refractivity contribution in [1.29, 1.82) is 0 Å². The zero-order chi connectivity index (χ0) is 12.5. The summed E-state index contributed by atoms with van der Waals surface area (Å²) in [5.74, 6) is 2.58. The molecule has 0 spiro atoms. The zero-order valence-electron chi connectivity index (χ0n) is 10.9. The van der Waals surface area contributed by atoms with Crippen molar-refractivity contribution in [3.05, 3.63) is 11.9 Å². The van der Waals surface area contributed by atoms with Gasteiger partial charge in [0, 0.05) is 32.2 Å². The summed E-state index contributed by atoms with van der Waals surface area (Å²) in [5.41, 5.74) is 0. The number of nitrogens with one attached hydrogen (secondary N) is 2. The van der Waals surface area contributed by atoms with Gasteiger partial charge >= 0.3 is 0 Å². The van der Waals surface area contributed by atoms with Crippen molar-refractivity contribution >= 4 is 11.6 Å². The first-order valence-electron chi connectivity index (χ1n) is 6.23. The van der Waals surface area contributed by atoms with Crippen LogP contribution >= 0.6 is 0 Å². The Morgan fingerprint density at radius 2 is 1.82 bits per heavy atom. The van der Waals surface area contributed by atoms with E-state index in [9.17, 15) is 0 Å². The van der Waals surface area contributed by atoms with Crippen LogP contribution in [-0.2, 0) is 11.2 Å². The minimum absolute atomic E-state index is 0.693. The summed E-state index contributed by atoms with van der Waals surface area (Å²) < 4.78 is 5.27. The van der Waals surface area contributed by atoms with E-state index in [2.05, 4.69) is 34.4 Å². The Morgan fingerprint density at radius 1 is 1.12 bits per heavy atom. The van der Waals surface area contributed by atoms with Gasteiger partial charge in [-0.2, -0.15) is 0 Å². The van der Waals surface area contributed by atoms with Gasteiger partial charge in [-0.15, -0.1) is 0 Å². The average Bonchev–Trinajstić information content (AvgIpc) is 2.35. The molecule has 2 N–H and O–H groups in total. The van der Waals surface area contributed by atoms with Crippen LogP contribution in [0.2, 0.25) is 0 Å². The van der Waals surface area contributed by atoms with Gasteiger partial charge < -0.3 is 15.4 Å². The molecule has 1 rings (SSSR count). The third-order valence-corrected chi connectivity index (χ3v) is 2.20. The van der Waals surface area contributed by atoms with Gasteiger partial charge in [-0.25, -0.2) is 9.97 Å². The molecule has 0 aliphatic carbocycles. The monoisotopic (exact) mass is 238 g/mol. The maximum absolute atomic E-state index is 5.27. The van der Waals surface area contributed by atoms with Crippen molar-refractivity contribution in [3.63, 3.8) is 0 Å². The molecule has 0 aliphatic heterocycles. The summed E-state index contributed by atoms with van der Waals surface area (Å²) in [6, 6.07) is 1.93. The lowest BCUT2D eigenvalue weighted by Crippen LogP contribution is -2.12. The molecule has 1 heterocycles. The summed E-state index contributed by atoms with van der Waals surface area (Å²) in [6.07, 6.45) is 0.833. The third-order valence-electron chi connectivity index (χ3n) is 2.20. The molecular formula is C12H22N4O. The number of aromatic nitrogens is 2. The first-order chi connectivity index (χ1) is 8.30. The first kappa shape index (κ1) is 13.7. The highest BCUT2D eigenvalue weighted by Crippen LogP contribution is 2.11. The number of ether oxygens (including phenoxy) is 1. The van der Waals surface area contributed by atoms with Crippen LogP contribution in [0, 0.1) is 0 Å². The van der Waals surface area contributed by atoms with E-state index in [0.29, 0.717) is 6.61 Å². The van der Waals surface area contributed by atoms with Crippen molar-refractivity contribution in [2.24, 2.45) is 0 Å². The fourth-order valence-corrected chi connectivity index (χ4v) is 1.41. The van der Waals surface area contributed by atoms with Crippen LogP contribution in [-0.4, -0.2) is 36.3 Å². The highest BCUT2D eigenvalue weighted by Gasteiger charge is 2.02. The van der Waals surface area contributed by atoms with E-state index in [0.717, 1.165) is 43.6 Å². The lowest BCUT2D eigenvalue weighted by atomic mass is 10.4. The second-order valence-corrected chi connectivity index (χ2v) is 3.56. The SMILES string of the molecule is CCNc1cc(NCCOCC)nc(CC)n1. The van der Waals surface area contributed by atoms with Crippen molar-refractivity contribution in [1.82, 2.24) is 9.97 Å². The molecule has 5 nitrogen and oxygen atoms in total. The maximum Gasteiger partial charge on any atom is 0.132 e. The molecule has 0 bridgehead atoms. The van der Waals surface area contributed by atoms with Gasteiger partial charge in [0.1, 0.15) is 17.5 Å². The Hall–Kier alpha value is -1.36. The minimum Gasteiger partial charge on any atom is -0.380 e. The molecule has 17 heavy (non-hydrogen) atoms. The molecule has 0 aromatic carbocycles. The predicted octanol–water partition coefficient (Wildman–Crippen LogP) is 1.92. The standard InChI is InChI=1S/C12H22N4O/c1-4-10-15-11(13-5-2)9-12(16-10)14-7-8-17-6-3/h9H,4-8H2,1-3H3,(H2,13,14,15,16). The quantitative estimate of drug-likeness (QED) is 0.678. The normalized spacial score (nSPS) is 10.3. The minimum atomic E-state index is 0.693. The second-order valence-electron chi connectivity index (χ2n) is 3.56. The van der Waals surface area contributed by atoms with E-state index in [1.54, 1.807) is 0 Å². The highest BCUT2D eigenvalue weighted by atomic mass is 16.5.